The van der Waals surface area contributed by atoms with Crippen molar-refractivity contribution in [2.45, 2.75) is 25.0 Å². The Hall–Kier alpha value is -1.84. The summed E-state index contributed by atoms with van der Waals surface area (Å²) < 4.78 is 31.0. The number of aryl methyl sites for hydroxylation is 1. The molecule has 20 heavy (non-hydrogen) atoms. The topological polar surface area (TPSA) is 118 Å². The Bertz CT molecular complexity index is 666. The van der Waals surface area contributed by atoms with Crippen LogP contribution in [0.1, 0.15) is 17.3 Å². The maximum absolute atomic E-state index is 11.9. The molecular weight excluding hydrogens is 284 g/mol. The van der Waals surface area contributed by atoms with Gasteiger partial charge < -0.3 is 9.63 Å². The Kier molecular flexibility index (Phi) is 4.42. The quantitative estimate of drug-likeness (QED) is 0.757. The van der Waals surface area contributed by atoms with E-state index in [0.717, 1.165) is 0 Å². The zero-order valence-electron chi connectivity index (χ0n) is 10.8. The zero-order valence-corrected chi connectivity index (χ0v) is 11.6. The van der Waals surface area contributed by atoms with Crippen LogP contribution < -0.4 is 4.72 Å². The minimum absolute atomic E-state index is 0.0982. The second kappa shape index (κ2) is 6.07. The van der Waals surface area contributed by atoms with Gasteiger partial charge in [0.15, 0.2) is 10.9 Å². The Morgan fingerprint density at radius 3 is 2.75 bits per heavy atom. The summed E-state index contributed by atoms with van der Waals surface area (Å²) in [7, 11) is -3.68. The van der Waals surface area contributed by atoms with Crippen LogP contribution >= 0.6 is 0 Å². The van der Waals surface area contributed by atoms with Gasteiger partial charge in [-0.25, -0.2) is 18.1 Å². The van der Waals surface area contributed by atoms with E-state index in [4.69, 9.17) is 9.63 Å². The van der Waals surface area contributed by atoms with E-state index in [0.29, 0.717) is 23.7 Å². The van der Waals surface area contributed by atoms with Crippen LogP contribution in [0.15, 0.2) is 27.9 Å². The van der Waals surface area contributed by atoms with Gasteiger partial charge in [0, 0.05) is 26.1 Å². The zero-order chi connectivity index (χ0) is 14.6. The summed E-state index contributed by atoms with van der Waals surface area (Å²) in [5, 5.41) is 12.4. The Labute approximate surface area is 115 Å². The lowest BCUT2D eigenvalue weighted by Crippen LogP contribution is -2.27. The molecule has 0 amide bonds. The summed E-state index contributed by atoms with van der Waals surface area (Å²) in [6.45, 7) is 1.62. The normalized spacial score (nSPS) is 11.7. The van der Waals surface area contributed by atoms with Crippen LogP contribution in [0.3, 0.4) is 0 Å². The van der Waals surface area contributed by atoms with E-state index in [1.165, 1.54) is 18.3 Å². The van der Waals surface area contributed by atoms with Crippen molar-refractivity contribution in [1.82, 2.24) is 19.8 Å². The van der Waals surface area contributed by atoms with Crippen molar-refractivity contribution in [2.75, 3.05) is 6.54 Å². The van der Waals surface area contributed by atoms with Gasteiger partial charge in [0.05, 0.1) is 6.61 Å². The average molecular weight is 298 g/mol. The molecule has 0 bridgehead atoms. The third-order valence-corrected chi connectivity index (χ3v) is 3.84. The lowest BCUT2D eigenvalue weighted by atomic mass is 10.3. The lowest BCUT2D eigenvalue weighted by Gasteiger charge is -2.05. The number of hydrogen-bond donors (Lipinski definition) is 2. The number of nitrogens with zero attached hydrogens (tertiary/aromatic N) is 3. The fourth-order valence-electron chi connectivity index (χ4n) is 1.48. The molecule has 2 N–H and O–H groups in total. The maximum atomic E-state index is 11.9. The molecule has 2 aromatic rings. The number of nitrogens with one attached hydrogen (secondary N) is 1. The molecular formula is C11H14N4O4S. The van der Waals surface area contributed by atoms with Gasteiger partial charge in [-0.1, -0.05) is 11.2 Å². The summed E-state index contributed by atoms with van der Waals surface area (Å²) in [4.78, 5) is 7.76. The molecule has 0 spiro atoms. The first-order chi connectivity index (χ1) is 9.51. The van der Waals surface area contributed by atoms with Crippen LogP contribution in [0, 0.1) is 6.92 Å². The monoisotopic (exact) mass is 298 g/mol. The Morgan fingerprint density at radius 1 is 1.40 bits per heavy atom. The number of hydrogen-bond acceptors (Lipinski definition) is 7. The highest BCUT2D eigenvalue weighted by atomic mass is 32.2. The molecule has 2 rings (SSSR count). The van der Waals surface area contributed by atoms with Gasteiger partial charge in [-0.05, 0) is 11.6 Å². The number of aliphatic hydroxyl groups excluding tert-OH is 1. The number of sulfonamides is 1. The summed E-state index contributed by atoms with van der Waals surface area (Å²) in [5.41, 5.74) is 0.547. The van der Waals surface area contributed by atoms with E-state index in [1.807, 2.05) is 0 Å². The molecule has 2 heterocycles. The predicted molar refractivity (Wildman–Crippen MR) is 68.1 cm³/mol. The maximum Gasteiger partial charge on any atom is 0.258 e. The minimum Gasteiger partial charge on any atom is -0.392 e. The first kappa shape index (κ1) is 14.6. The molecule has 0 aliphatic carbocycles. The highest BCUT2D eigenvalue weighted by Crippen LogP contribution is 2.06. The van der Waals surface area contributed by atoms with Gasteiger partial charge >= 0.3 is 0 Å². The van der Waals surface area contributed by atoms with Crippen LogP contribution in [0.2, 0.25) is 0 Å². The number of rotatable bonds is 6. The standard InChI is InChI=1S/C11H14N4O4S/c1-8-14-10(15-19-8)4-5-13-20(17,18)11-3-2-9(7-16)6-12-11/h2-3,6,13,16H,4-5,7H2,1H3. The van der Waals surface area contributed by atoms with Crippen molar-refractivity contribution in [3.8, 4) is 0 Å². The summed E-state index contributed by atoms with van der Waals surface area (Å²) >= 11 is 0. The second-order valence-corrected chi connectivity index (χ2v) is 5.75. The molecule has 0 fully saturated rings. The first-order valence-corrected chi connectivity index (χ1v) is 7.34. The largest absolute Gasteiger partial charge is 0.392 e. The highest BCUT2D eigenvalue weighted by Gasteiger charge is 2.15. The van der Waals surface area contributed by atoms with E-state index in [2.05, 4.69) is 19.8 Å². The van der Waals surface area contributed by atoms with Gasteiger partial charge in [0.1, 0.15) is 0 Å². The molecule has 0 aliphatic rings. The van der Waals surface area contributed by atoms with E-state index in [1.54, 1.807) is 6.92 Å². The van der Waals surface area contributed by atoms with Gasteiger partial charge in [0.25, 0.3) is 10.0 Å². The average Bonchev–Trinajstić information content (AvgIpc) is 2.84. The number of aromatic nitrogens is 3. The fraction of sp³-hybridized carbons (Fsp3) is 0.364. The van der Waals surface area contributed by atoms with Crippen LogP contribution in [0.25, 0.3) is 0 Å². The van der Waals surface area contributed by atoms with Crippen molar-refractivity contribution in [1.29, 1.82) is 0 Å². The molecule has 8 nitrogen and oxygen atoms in total. The first-order valence-electron chi connectivity index (χ1n) is 5.86. The van der Waals surface area contributed by atoms with Gasteiger partial charge in [-0.3, -0.25) is 0 Å². The molecule has 9 heteroatoms. The second-order valence-electron chi connectivity index (χ2n) is 4.04. The van der Waals surface area contributed by atoms with Crippen molar-refractivity contribution in [3.63, 3.8) is 0 Å². The molecule has 0 saturated heterocycles. The van der Waals surface area contributed by atoms with Gasteiger partial charge in [-0.15, -0.1) is 0 Å². The predicted octanol–water partition coefficient (Wildman–Crippen LogP) is -0.214. The van der Waals surface area contributed by atoms with Crippen molar-refractivity contribution < 1.29 is 18.0 Å². The van der Waals surface area contributed by atoms with Crippen LogP contribution in [0.5, 0.6) is 0 Å². The van der Waals surface area contributed by atoms with E-state index < -0.39 is 10.0 Å². The van der Waals surface area contributed by atoms with E-state index in [-0.39, 0.29) is 18.2 Å². The van der Waals surface area contributed by atoms with Crippen LogP contribution in [-0.4, -0.2) is 35.2 Å². The molecule has 108 valence electrons. The molecule has 0 saturated carbocycles. The Balaban J connectivity index is 1.96. The molecule has 0 aromatic carbocycles. The SMILES string of the molecule is Cc1nc(CCNS(=O)(=O)c2ccc(CO)cn2)no1. The molecule has 0 aliphatic heterocycles. The Morgan fingerprint density at radius 2 is 2.20 bits per heavy atom. The molecule has 0 unspecified atom stereocenters. The molecule has 0 radical (unpaired) electrons. The smallest absolute Gasteiger partial charge is 0.258 e. The summed E-state index contributed by atoms with van der Waals surface area (Å²) in [6, 6.07) is 2.84. The third kappa shape index (κ3) is 3.59. The van der Waals surface area contributed by atoms with Crippen molar-refractivity contribution in [2.24, 2.45) is 0 Å². The molecule has 0 atom stereocenters. The van der Waals surface area contributed by atoms with Crippen LogP contribution in [0.4, 0.5) is 0 Å². The molecule has 2 aromatic heterocycles. The van der Waals surface area contributed by atoms with E-state index in [9.17, 15) is 8.42 Å². The third-order valence-electron chi connectivity index (χ3n) is 2.47. The summed E-state index contributed by atoms with van der Waals surface area (Å²) in [5.74, 6) is 0.873. The van der Waals surface area contributed by atoms with Crippen molar-refractivity contribution in [3.05, 3.63) is 35.6 Å². The van der Waals surface area contributed by atoms with Crippen LogP contribution in [-0.2, 0) is 23.1 Å². The number of pyridine rings is 1. The van der Waals surface area contributed by atoms with Crippen molar-refractivity contribution >= 4 is 10.0 Å². The minimum atomic E-state index is -3.68. The lowest BCUT2D eigenvalue weighted by molar-refractivity contribution is 0.281. The highest BCUT2D eigenvalue weighted by molar-refractivity contribution is 7.89. The fourth-order valence-corrected chi connectivity index (χ4v) is 2.43. The van der Waals surface area contributed by atoms with Gasteiger partial charge in [0.2, 0.25) is 5.89 Å². The van der Waals surface area contributed by atoms with E-state index >= 15 is 0 Å². The van der Waals surface area contributed by atoms with Gasteiger partial charge in [-0.2, -0.15) is 4.98 Å². The number of aliphatic hydroxyl groups is 1. The summed E-state index contributed by atoms with van der Waals surface area (Å²) in [6.07, 6.45) is 1.64.